The molecule has 9 aromatic rings. The molecule has 0 aliphatic heterocycles. The maximum Gasteiger partial charge on any atom is 0.0414 e. The molecule has 0 heterocycles. The van der Waals surface area contributed by atoms with E-state index in [4.69, 9.17) is 0 Å². The van der Waals surface area contributed by atoms with Gasteiger partial charge < -0.3 is 0 Å². The number of benzene rings is 9. The third-order valence-electron chi connectivity index (χ3n) is 14.2. The van der Waals surface area contributed by atoms with E-state index in [1.165, 1.54) is 83.5 Å². The molecule has 0 fully saturated rings. The molecule has 0 saturated heterocycles. The van der Waals surface area contributed by atoms with Gasteiger partial charge in [-0.05, 0) is 76.4 Å². The molecule has 0 aromatic heterocycles. The van der Waals surface area contributed by atoms with Crippen LogP contribution in [0.15, 0.2) is 218 Å². The summed E-state index contributed by atoms with van der Waals surface area (Å²) in [5, 5.41) is 0. The summed E-state index contributed by atoms with van der Waals surface area (Å²) in [5.74, 6) is 0. The maximum atomic E-state index is 4.25. The SMILES string of the molecule is CC.CC.CC.CC.CC.CC.CC.CC.CC.[CH2-]c1ccc2c(c1)-c1ccccc1C2(C)c1ccccc1.[CH2-]c1ccc2c(c1)C(C)(c1ccccc1)c1ccccc1-2.[CH2-]c1cccc2c1-c1ccccc1C2(C)c1ccccc1.[Y].[Y].[Y]. The second-order valence-corrected chi connectivity index (χ2v) is 17.7. The Morgan fingerprint density at radius 1 is 0.226 bits per heavy atom. The van der Waals surface area contributed by atoms with Crippen molar-refractivity contribution in [2.45, 2.75) is 162 Å². The van der Waals surface area contributed by atoms with Crippen molar-refractivity contribution in [2.24, 2.45) is 0 Å². The van der Waals surface area contributed by atoms with Crippen LogP contribution in [0, 0.1) is 20.8 Å². The van der Waals surface area contributed by atoms with Crippen LogP contribution < -0.4 is 0 Å². The third kappa shape index (κ3) is 18.2. The standard InChI is InChI=1S/3C21H17.9C2H6.3Y/c1-15-9-8-14-19-20(15)17-12-6-7-13-18(17)21(19,2)16-10-4-3-5-11-16;1-15-12-13-20-18(14-15)17-10-6-7-11-19(17)21(20,2)16-8-4-3-5-9-16;1-15-12-13-18-17-10-6-7-11-19(17)21(2,20(18)14-15)16-8-4-3-5-9-16;9*1-2;;;/h3*3-14H,1H2,2H3;9*1-2H3;;;/q3*-1;;;;;;;;;;;;. The van der Waals surface area contributed by atoms with Crippen LogP contribution in [-0.4, -0.2) is 0 Å². The summed E-state index contributed by atoms with van der Waals surface area (Å²) < 4.78 is 0. The molecule has 0 bridgehead atoms. The predicted octanol–water partition coefficient (Wildman–Crippen LogP) is 24.8. The van der Waals surface area contributed by atoms with E-state index in [-0.39, 0.29) is 114 Å². The summed E-state index contributed by atoms with van der Waals surface area (Å²) in [6, 6.07) is 78.1. The Labute approximate surface area is 592 Å². The molecule has 3 aliphatic carbocycles. The van der Waals surface area contributed by atoms with Crippen LogP contribution in [0.3, 0.4) is 0 Å². The van der Waals surface area contributed by atoms with Crippen LogP contribution >= 0.6 is 0 Å². The number of fused-ring (bicyclic) bond motifs is 9. The zero-order valence-electron chi connectivity index (χ0n) is 56.1. The monoisotopic (exact) mass is 1340 g/mol. The van der Waals surface area contributed by atoms with Crippen LogP contribution in [0.2, 0.25) is 0 Å². The van der Waals surface area contributed by atoms with Crippen molar-refractivity contribution >= 4 is 0 Å². The van der Waals surface area contributed by atoms with Gasteiger partial charge in [-0.2, -0.15) is 67.8 Å². The first-order valence-electron chi connectivity index (χ1n) is 31.0. The molecule has 3 unspecified atom stereocenters. The van der Waals surface area contributed by atoms with Crippen LogP contribution in [-0.2, 0) is 114 Å². The fraction of sp³-hybridized carbons (Fsp3) is 0.296. The molecule has 3 atom stereocenters. The number of hydrogen-bond acceptors (Lipinski definition) is 0. The van der Waals surface area contributed by atoms with Crippen molar-refractivity contribution in [1.82, 2.24) is 0 Å². The van der Waals surface area contributed by atoms with Gasteiger partial charge in [-0.1, -0.05) is 317 Å². The van der Waals surface area contributed by atoms with E-state index in [1.807, 2.05) is 125 Å². The van der Waals surface area contributed by atoms with E-state index in [1.54, 1.807) is 0 Å². The van der Waals surface area contributed by atoms with Crippen molar-refractivity contribution in [3.05, 3.63) is 306 Å². The van der Waals surface area contributed by atoms with Crippen molar-refractivity contribution in [1.29, 1.82) is 0 Å². The van der Waals surface area contributed by atoms with Crippen LogP contribution in [0.25, 0.3) is 33.4 Å². The van der Waals surface area contributed by atoms with Crippen molar-refractivity contribution in [3.8, 4) is 33.4 Å². The van der Waals surface area contributed by atoms with Gasteiger partial charge in [-0.15, -0.1) is 23.8 Å². The van der Waals surface area contributed by atoms with Gasteiger partial charge >= 0.3 is 0 Å². The van der Waals surface area contributed by atoms with Crippen molar-refractivity contribution in [3.63, 3.8) is 0 Å². The van der Waals surface area contributed by atoms with Gasteiger partial charge in [0.15, 0.2) is 0 Å². The Morgan fingerprint density at radius 3 is 0.917 bits per heavy atom. The number of hydrogen-bond donors (Lipinski definition) is 0. The van der Waals surface area contributed by atoms with Gasteiger partial charge in [0, 0.05) is 114 Å². The van der Waals surface area contributed by atoms with E-state index in [9.17, 15) is 0 Å². The molecule has 0 nitrogen and oxygen atoms in total. The molecule has 3 aliphatic rings. The first-order chi connectivity index (χ1) is 39.6. The summed E-state index contributed by atoms with van der Waals surface area (Å²) in [4.78, 5) is 0. The van der Waals surface area contributed by atoms with Crippen LogP contribution in [0.5, 0.6) is 0 Å². The molecule has 0 amide bonds. The minimum Gasteiger partial charge on any atom is -0.199 e. The summed E-state index contributed by atoms with van der Waals surface area (Å²) in [5.41, 5.74) is 23.2. The molecule has 3 heteroatoms. The van der Waals surface area contributed by atoms with Gasteiger partial charge in [-0.3, -0.25) is 0 Å². The molecular weight excluding hydrogens is 1240 g/mol. The molecule has 9 aromatic carbocycles. The number of rotatable bonds is 3. The van der Waals surface area contributed by atoms with Crippen molar-refractivity contribution in [2.75, 3.05) is 0 Å². The van der Waals surface area contributed by atoms with Crippen LogP contribution in [0.4, 0.5) is 0 Å². The van der Waals surface area contributed by atoms with Gasteiger partial charge in [0.2, 0.25) is 0 Å². The van der Waals surface area contributed by atoms with E-state index >= 15 is 0 Å². The molecule has 12 rings (SSSR count). The van der Waals surface area contributed by atoms with Gasteiger partial charge in [0.05, 0.1) is 0 Å². The van der Waals surface area contributed by atoms with Crippen molar-refractivity contribution < 1.29 is 98.1 Å². The van der Waals surface area contributed by atoms with Gasteiger partial charge in [0.25, 0.3) is 0 Å². The zero-order valence-corrected chi connectivity index (χ0v) is 64.7. The Hall–Kier alpha value is -4.10. The smallest absolute Gasteiger partial charge is 0.0414 e. The first-order valence-corrected chi connectivity index (χ1v) is 31.0. The first kappa shape index (κ1) is 84.1. The minimum absolute atomic E-state index is 0. The Kier molecular flexibility index (Phi) is 44.4. The van der Waals surface area contributed by atoms with E-state index < -0.39 is 0 Å². The van der Waals surface area contributed by atoms with Gasteiger partial charge in [-0.25, -0.2) is 0 Å². The minimum atomic E-state index is -0.0963. The molecule has 84 heavy (non-hydrogen) atoms. The Balaban J connectivity index is -0.00000101. The summed E-state index contributed by atoms with van der Waals surface area (Å²) in [6.45, 7) is 55.4. The Morgan fingerprint density at radius 2 is 0.500 bits per heavy atom. The van der Waals surface area contributed by atoms with Gasteiger partial charge in [0.1, 0.15) is 0 Å². The van der Waals surface area contributed by atoms with E-state index in [2.05, 4.69) is 260 Å². The largest absolute Gasteiger partial charge is 0.199 e. The second-order valence-electron chi connectivity index (χ2n) is 17.7. The Bertz CT molecular complexity index is 3100. The summed E-state index contributed by atoms with van der Waals surface area (Å²) >= 11 is 0. The third-order valence-corrected chi connectivity index (χ3v) is 14.2. The average Bonchev–Trinajstić information content (AvgIpc) is 2.25. The predicted molar refractivity (Wildman–Crippen MR) is 367 cm³/mol. The fourth-order valence-corrected chi connectivity index (χ4v) is 11.0. The second kappa shape index (κ2) is 44.4. The van der Waals surface area contributed by atoms with E-state index in [0.717, 1.165) is 16.7 Å². The quantitative estimate of drug-likeness (QED) is 0.155. The maximum absolute atomic E-state index is 4.25. The average molecular weight is 1350 g/mol. The molecule has 0 spiro atoms. The summed E-state index contributed by atoms with van der Waals surface area (Å²) in [7, 11) is 0. The van der Waals surface area contributed by atoms with Crippen LogP contribution in [0.1, 0.15) is 212 Å². The van der Waals surface area contributed by atoms with E-state index in [0.29, 0.717) is 0 Å². The molecule has 0 saturated carbocycles. The molecule has 441 valence electrons. The molecule has 3 radical (unpaired) electrons. The normalized spacial score (nSPS) is 15.0. The molecule has 0 N–H and O–H groups in total. The topological polar surface area (TPSA) is 0 Å². The zero-order chi connectivity index (χ0) is 61.3. The fourth-order valence-electron chi connectivity index (χ4n) is 11.0. The summed E-state index contributed by atoms with van der Waals surface area (Å²) in [6.07, 6.45) is 0. The molecular formula is C81H105Y3-3.